The number of carbonyl (C=O) groups is 3. The molecule has 0 radical (unpaired) electrons. The molecule has 2 aromatic carbocycles. The zero-order valence-corrected chi connectivity index (χ0v) is 18.1. The zero-order valence-electron chi connectivity index (χ0n) is 16.6. The van der Waals surface area contributed by atoms with Gasteiger partial charge in [-0.25, -0.2) is 4.79 Å². The minimum atomic E-state index is -0.707. The number of amides is 2. The van der Waals surface area contributed by atoms with Gasteiger partial charge in [0.05, 0.1) is 6.54 Å². The van der Waals surface area contributed by atoms with Crippen molar-refractivity contribution in [2.24, 2.45) is 0 Å². The number of ketones is 1. The number of nitrogens with zero attached hydrogens (tertiary/aromatic N) is 1. The van der Waals surface area contributed by atoms with Gasteiger partial charge in [0, 0.05) is 16.6 Å². The molecule has 0 heterocycles. The van der Waals surface area contributed by atoms with E-state index in [0.29, 0.717) is 18.5 Å². The van der Waals surface area contributed by atoms with Crippen LogP contribution in [0.3, 0.4) is 0 Å². The predicted molar refractivity (Wildman–Crippen MR) is 115 cm³/mol. The monoisotopic (exact) mass is 460 g/mol. The van der Waals surface area contributed by atoms with Gasteiger partial charge >= 0.3 is 6.09 Å². The van der Waals surface area contributed by atoms with Gasteiger partial charge in [-0.1, -0.05) is 65.3 Å². The first-order valence-corrected chi connectivity index (χ1v) is 10.3. The summed E-state index contributed by atoms with van der Waals surface area (Å²) >= 11 is 3.32. The van der Waals surface area contributed by atoms with Crippen molar-refractivity contribution in [3.8, 4) is 0 Å². The highest BCUT2D eigenvalue weighted by atomic mass is 79.9. The average Bonchev–Trinajstić information content (AvgIpc) is 2.75. The van der Waals surface area contributed by atoms with Gasteiger partial charge in [0.15, 0.2) is 5.78 Å². The van der Waals surface area contributed by atoms with Crippen molar-refractivity contribution in [3.63, 3.8) is 0 Å². The number of nitrogens with one attached hydrogen (secondary N) is 1. The third kappa shape index (κ3) is 6.71. The summed E-state index contributed by atoms with van der Waals surface area (Å²) in [5, 5.41) is 2.64. The van der Waals surface area contributed by atoms with E-state index in [-0.39, 0.29) is 24.8 Å². The quantitative estimate of drug-likeness (QED) is 0.569. The van der Waals surface area contributed by atoms with Crippen LogP contribution in [0, 0.1) is 0 Å². The normalized spacial score (nSPS) is 11.4. The molecule has 154 valence electrons. The van der Waals surface area contributed by atoms with Crippen LogP contribution in [-0.4, -0.2) is 41.8 Å². The summed E-state index contributed by atoms with van der Waals surface area (Å²) in [6.07, 6.45) is -0.148. The SMILES string of the molecule is CC[C@@H](C(=O)NCC(=O)c1ccc(Br)cc1)N(CC)C(=O)OCc1ccccc1. The maximum Gasteiger partial charge on any atom is 0.410 e. The molecule has 1 N–H and O–H groups in total. The van der Waals surface area contributed by atoms with E-state index in [9.17, 15) is 14.4 Å². The van der Waals surface area contributed by atoms with Crippen molar-refractivity contribution in [1.29, 1.82) is 0 Å². The van der Waals surface area contributed by atoms with Gasteiger partial charge in [0.25, 0.3) is 0 Å². The van der Waals surface area contributed by atoms with Crippen molar-refractivity contribution >= 4 is 33.7 Å². The number of likely N-dealkylation sites (N-methyl/N-ethyl adjacent to an activating group) is 1. The molecular weight excluding hydrogens is 436 g/mol. The van der Waals surface area contributed by atoms with Gasteiger partial charge in [-0.15, -0.1) is 0 Å². The molecule has 0 spiro atoms. The highest BCUT2D eigenvalue weighted by molar-refractivity contribution is 9.10. The van der Waals surface area contributed by atoms with Crippen LogP contribution in [-0.2, 0) is 16.1 Å². The molecule has 0 bridgehead atoms. The Kier molecular flexibility index (Phi) is 8.86. The summed E-state index contributed by atoms with van der Waals surface area (Å²) in [7, 11) is 0. The van der Waals surface area contributed by atoms with Gasteiger partial charge in [-0.2, -0.15) is 0 Å². The summed E-state index contributed by atoms with van der Waals surface area (Å²) in [5.74, 6) is -0.577. The van der Waals surface area contributed by atoms with Crippen LogP contribution < -0.4 is 5.32 Å². The predicted octanol–water partition coefficient (Wildman–Crippen LogP) is 4.19. The molecule has 0 saturated heterocycles. The molecular formula is C22H25BrN2O4. The number of Topliss-reactive ketones (excluding diaryl/α,β-unsaturated/α-hetero) is 1. The maximum absolute atomic E-state index is 12.6. The van der Waals surface area contributed by atoms with Crippen molar-refractivity contribution in [1.82, 2.24) is 10.2 Å². The molecule has 2 amide bonds. The topological polar surface area (TPSA) is 75.7 Å². The van der Waals surface area contributed by atoms with Gasteiger partial charge in [-0.3, -0.25) is 14.5 Å². The lowest BCUT2D eigenvalue weighted by atomic mass is 10.1. The number of ether oxygens (including phenoxy) is 1. The van der Waals surface area contributed by atoms with Gasteiger partial charge in [0.2, 0.25) is 5.91 Å². The lowest BCUT2D eigenvalue weighted by Gasteiger charge is -2.28. The molecule has 0 saturated carbocycles. The molecule has 2 rings (SSSR count). The molecule has 29 heavy (non-hydrogen) atoms. The van der Waals surface area contributed by atoms with E-state index in [1.54, 1.807) is 31.2 Å². The van der Waals surface area contributed by atoms with E-state index in [0.717, 1.165) is 10.0 Å². The Morgan fingerprint density at radius 2 is 1.69 bits per heavy atom. The number of carbonyl (C=O) groups excluding carboxylic acids is 3. The fourth-order valence-corrected chi connectivity index (χ4v) is 3.11. The Morgan fingerprint density at radius 1 is 1.03 bits per heavy atom. The summed E-state index contributed by atoms with van der Waals surface area (Å²) in [4.78, 5) is 38.8. The lowest BCUT2D eigenvalue weighted by Crippen LogP contribution is -2.50. The maximum atomic E-state index is 12.6. The van der Waals surface area contributed by atoms with Crippen molar-refractivity contribution in [2.75, 3.05) is 13.1 Å². The van der Waals surface area contributed by atoms with Crippen LogP contribution in [0.15, 0.2) is 59.1 Å². The second-order valence-electron chi connectivity index (χ2n) is 6.40. The Morgan fingerprint density at radius 3 is 2.28 bits per heavy atom. The van der Waals surface area contributed by atoms with Crippen molar-refractivity contribution < 1.29 is 19.1 Å². The highest BCUT2D eigenvalue weighted by Crippen LogP contribution is 2.12. The standard InChI is InChI=1S/C22H25BrN2O4/c1-3-19(21(27)24-14-20(26)17-10-12-18(23)13-11-17)25(4-2)22(28)29-15-16-8-6-5-7-9-16/h5-13,19H,3-4,14-15H2,1-2H3,(H,24,27)/t19-/m0/s1. The first kappa shape index (κ1) is 22.6. The van der Waals surface area contributed by atoms with E-state index in [2.05, 4.69) is 21.2 Å². The summed E-state index contributed by atoms with van der Waals surface area (Å²) in [5.41, 5.74) is 1.38. The largest absolute Gasteiger partial charge is 0.445 e. The van der Waals surface area contributed by atoms with E-state index in [1.165, 1.54) is 4.90 Å². The summed E-state index contributed by atoms with van der Waals surface area (Å²) < 4.78 is 6.23. The molecule has 7 heteroatoms. The van der Waals surface area contributed by atoms with Gasteiger partial charge in [0.1, 0.15) is 12.6 Å². The summed E-state index contributed by atoms with van der Waals surface area (Å²) in [6, 6.07) is 15.6. The Labute approximate surface area is 179 Å². The minimum Gasteiger partial charge on any atom is -0.445 e. The molecule has 0 fully saturated rings. The molecule has 0 unspecified atom stereocenters. The molecule has 0 aromatic heterocycles. The van der Waals surface area contributed by atoms with Crippen LogP contribution in [0.5, 0.6) is 0 Å². The van der Waals surface area contributed by atoms with Gasteiger partial charge in [-0.05, 0) is 31.0 Å². The van der Waals surface area contributed by atoms with Crippen LogP contribution in [0.4, 0.5) is 4.79 Å². The number of halogens is 1. The number of hydrogen-bond donors (Lipinski definition) is 1. The smallest absolute Gasteiger partial charge is 0.410 e. The Balaban J connectivity index is 1.93. The zero-order chi connectivity index (χ0) is 21.2. The molecule has 6 nitrogen and oxygen atoms in total. The lowest BCUT2D eigenvalue weighted by molar-refractivity contribution is -0.126. The van der Waals surface area contributed by atoms with E-state index >= 15 is 0 Å². The molecule has 0 aliphatic carbocycles. The van der Waals surface area contributed by atoms with E-state index in [4.69, 9.17) is 4.74 Å². The number of rotatable bonds is 9. The van der Waals surface area contributed by atoms with Crippen LogP contribution in [0.2, 0.25) is 0 Å². The van der Waals surface area contributed by atoms with Crippen LogP contribution >= 0.6 is 15.9 Å². The van der Waals surface area contributed by atoms with Crippen LogP contribution in [0.1, 0.15) is 36.2 Å². The van der Waals surface area contributed by atoms with Gasteiger partial charge < -0.3 is 10.1 Å². The third-order valence-electron chi connectivity index (χ3n) is 4.44. The first-order chi connectivity index (χ1) is 14.0. The molecule has 2 aromatic rings. The second-order valence-corrected chi connectivity index (χ2v) is 7.31. The minimum absolute atomic E-state index is 0.131. The van der Waals surface area contributed by atoms with Crippen LogP contribution in [0.25, 0.3) is 0 Å². The highest BCUT2D eigenvalue weighted by Gasteiger charge is 2.28. The molecule has 0 aliphatic rings. The Hall–Kier alpha value is -2.67. The fourth-order valence-electron chi connectivity index (χ4n) is 2.85. The molecule has 0 aliphatic heterocycles. The second kappa shape index (κ2) is 11.4. The number of benzene rings is 2. The fraction of sp³-hybridized carbons (Fsp3) is 0.318. The van der Waals surface area contributed by atoms with E-state index < -0.39 is 12.1 Å². The van der Waals surface area contributed by atoms with Crippen molar-refractivity contribution in [3.05, 3.63) is 70.2 Å². The van der Waals surface area contributed by atoms with Crippen molar-refractivity contribution in [2.45, 2.75) is 32.9 Å². The third-order valence-corrected chi connectivity index (χ3v) is 4.96. The van der Waals surface area contributed by atoms with E-state index in [1.807, 2.05) is 37.3 Å². The first-order valence-electron chi connectivity index (χ1n) is 9.50. The number of hydrogen-bond acceptors (Lipinski definition) is 4. The Bertz CT molecular complexity index is 824. The molecule has 1 atom stereocenters. The average molecular weight is 461 g/mol. The summed E-state index contributed by atoms with van der Waals surface area (Å²) in [6.45, 7) is 3.92.